The zero-order chi connectivity index (χ0) is 19.5. The molecule has 0 aliphatic rings. The maximum atomic E-state index is 13.5. The zero-order valence-corrected chi connectivity index (χ0v) is 15.7. The Hall–Kier alpha value is -2.31. The molecule has 1 aromatic heterocycles. The maximum absolute atomic E-state index is 13.5. The van der Waals surface area contributed by atoms with Gasteiger partial charge in [0.2, 0.25) is 5.88 Å². The number of alkyl halides is 3. The number of halogens is 3. The van der Waals surface area contributed by atoms with Gasteiger partial charge in [0.25, 0.3) is 0 Å². The van der Waals surface area contributed by atoms with Crippen LogP contribution >= 0.6 is 0 Å². The van der Waals surface area contributed by atoms with Crippen LogP contribution in [0.1, 0.15) is 43.5 Å². The number of hydrogen-bond acceptors (Lipinski definition) is 4. The highest BCUT2D eigenvalue weighted by atomic mass is 19.4. The van der Waals surface area contributed by atoms with Gasteiger partial charge in [-0.2, -0.15) is 18.2 Å². The molecule has 0 saturated heterocycles. The molecule has 0 amide bonds. The Morgan fingerprint density at radius 1 is 1.12 bits per heavy atom. The van der Waals surface area contributed by atoms with Crippen LogP contribution in [0.2, 0.25) is 0 Å². The van der Waals surface area contributed by atoms with E-state index in [1.54, 1.807) is 19.9 Å². The SMILES string of the molecule is CCC(CC)Nc1nc(OC)c(-c2ccc(C)cc2C(F)(F)F)nc1C. The third kappa shape index (κ3) is 4.26. The molecule has 0 aliphatic carbocycles. The van der Waals surface area contributed by atoms with Gasteiger partial charge in [0.15, 0.2) is 5.82 Å². The summed E-state index contributed by atoms with van der Waals surface area (Å²) >= 11 is 0. The van der Waals surface area contributed by atoms with Gasteiger partial charge in [-0.05, 0) is 32.8 Å². The Labute approximate surface area is 151 Å². The van der Waals surface area contributed by atoms with E-state index in [1.165, 1.54) is 13.2 Å². The molecule has 26 heavy (non-hydrogen) atoms. The molecule has 1 heterocycles. The van der Waals surface area contributed by atoms with Crippen molar-refractivity contribution in [3.8, 4) is 17.1 Å². The lowest BCUT2D eigenvalue weighted by Gasteiger charge is -2.19. The molecular formula is C19H24F3N3O. The summed E-state index contributed by atoms with van der Waals surface area (Å²) in [6, 6.07) is 4.36. The van der Waals surface area contributed by atoms with E-state index in [4.69, 9.17) is 4.74 Å². The predicted octanol–water partition coefficient (Wildman–Crippen LogP) is 5.39. The highest BCUT2D eigenvalue weighted by Gasteiger charge is 2.35. The van der Waals surface area contributed by atoms with E-state index in [0.717, 1.165) is 18.9 Å². The van der Waals surface area contributed by atoms with E-state index in [1.807, 2.05) is 0 Å². The van der Waals surface area contributed by atoms with Crippen LogP contribution in [0.25, 0.3) is 11.3 Å². The first-order valence-corrected chi connectivity index (χ1v) is 8.58. The lowest BCUT2D eigenvalue weighted by Crippen LogP contribution is -2.19. The highest BCUT2D eigenvalue weighted by Crippen LogP contribution is 2.40. The largest absolute Gasteiger partial charge is 0.479 e. The molecule has 0 bridgehead atoms. The fourth-order valence-electron chi connectivity index (χ4n) is 2.74. The molecule has 0 fully saturated rings. The Morgan fingerprint density at radius 3 is 2.31 bits per heavy atom. The summed E-state index contributed by atoms with van der Waals surface area (Å²) in [7, 11) is 1.38. The summed E-state index contributed by atoms with van der Waals surface area (Å²) in [6.45, 7) is 7.45. The van der Waals surface area contributed by atoms with Crippen LogP contribution in [0.5, 0.6) is 5.88 Å². The molecule has 0 unspecified atom stereocenters. The van der Waals surface area contributed by atoms with Crippen molar-refractivity contribution in [2.24, 2.45) is 0 Å². The molecule has 1 aromatic carbocycles. The number of ether oxygens (including phenoxy) is 1. The summed E-state index contributed by atoms with van der Waals surface area (Å²) in [5, 5.41) is 3.28. The van der Waals surface area contributed by atoms with Crippen molar-refractivity contribution in [3.05, 3.63) is 35.0 Å². The smallest absolute Gasteiger partial charge is 0.417 e. The van der Waals surface area contributed by atoms with Gasteiger partial charge in [-0.15, -0.1) is 0 Å². The van der Waals surface area contributed by atoms with Crippen molar-refractivity contribution in [2.45, 2.75) is 52.8 Å². The van der Waals surface area contributed by atoms with Gasteiger partial charge in [0.1, 0.15) is 5.69 Å². The van der Waals surface area contributed by atoms with Crippen molar-refractivity contribution in [1.82, 2.24) is 9.97 Å². The lowest BCUT2D eigenvalue weighted by atomic mass is 10.0. The van der Waals surface area contributed by atoms with Crippen LogP contribution in [0.4, 0.5) is 19.0 Å². The summed E-state index contributed by atoms with van der Waals surface area (Å²) in [5.41, 5.74) is 0.361. The van der Waals surface area contributed by atoms with Gasteiger partial charge in [-0.25, -0.2) is 4.98 Å². The van der Waals surface area contributed by atoms with Crippen molar-refractivity contribution >= 4 is 5.82 Å². The number of hydrogen-bond donors (Lipinski definition) is 1. The lowest BCUT2D eigenvalue weighted by molar-refractivity contribution is -0.137. The number of nitrogens with zero attached hydrogens (tertiary/aromatic N) is 2. The van der Waals surface area contributed by atoms with Crippen LogP contribution in [-0.4, -0.2) is 23.1 Å². The number of aromatic nitrogens is 2. The maximum Gasteiger partial charge on any atom is 0.417 e. The molecule has 2 rings (SSSR count). The second-order valence-corrected chi connectivity index (χ2v) is 6.22. The summed E-state index contributed by atoms with van der Waals surface area (Å²) in [5.74, 6) is 0.596. The van der Waals surface area contributed by atoms with Crippen molar-refractivity contribution in [3.63, 3.8) is 0 Å². The number of benzene rings is 1. The second kappa shape index (κ2) is 7.93. The Bertz CT molecular complexity index is 771. The van der Waals surface area contributed by atoms with Gasteiger partial charge in [0.05, 0.1) is 18.4 Å². The Balaban J connectivity index is 2.60. The molecule has 1 N–H and O–H groups in total. The predicted molar refractivity (Wildman–Crippen MR) is 96.5 cm³/mol. The fraction of sp³-hybridized carbons (Fsp3) is 0.474. The zero-order valence-electron chi connectivity index (χ0n) is 15.7. The number of nitrogens with one attached hydrogen (secondary N) is 1. The Kier molecular flexibility index (Phi) is 6.10. The van der Waals surface area contributed by atoms with E-state index in [9.17, 15) is 13.2 Å². The third-order valence-electron chi connectivity index (χ3n) is 4.29. The molecule has 0 spiro atoms. The summed E-state index contributed by atoms with van der Waals surface area (Å²) in [6.07, 6.45) is -2.69. The van der Waals surface area contributed by atoms with Gasteiger partial charge < -0.3 is 10.1 Å². The molecule has 0 atom stereocenters. The second-order valence-electron chi connectivity index (χ2n) is 6.22. The topological polar surface area (TPSA) is 47.0 Å². The number of aryl methyl sites for hydroxylation is 2. The minimum absolute atomic E-state index is 0.0374. The number of anilines is 1. The monoisotopic (exact) mass is 367 g/mol. The first-order valence-electron chi connectivity index (χ1n) is 8.58. The average Bonchev–Trinajstić information content (AvgIpc) is 2.59. The molecule has 2 aromatic rings. The molecule has 142 valence electrons. The first kappa shape index (κ1) is 20.0. The quantitative estimate of drug-likeness (QED) is 0.744. The fourth-order valence-corrected chi connectivity index (χ4v) is 2.74. The number of methoxy groups -OCH3 is 1. The highest BCUT2D eigenvalue weighted by molar-refractivity contribution is 5.71. The van der Waals surface area contributed by atoms with E-state index in [0.29, 0.717) is 17.1 Å². The van der Waals surface area contributed by atoms with E-state index in [2.05, 4.69) is 29.1 Å². The van der Waals surface area contributed by atoms with Crippen molar-refractivity contribution < 1.29 is 17.9 Å². The minimum atomic E-state index is -4.49. The van der Waals surface area contributed by atoms with Crippen LogP contribution in [0.15, 0.2) is 18.2 Å². The first-order chi connectivity index (χ1) is 12.2. The third-order valence-corrected chi connectivity index (χ3v) is 4.29. The van der Waals surface area contributed by atoms with Crippen LogP contribution in [0, 0.1) is 13.8 Å². The van der Waals surface area contributed by atoms with E-state index in [-0.39, 0.29) is 23.2 Å². The standard InChI is InChI=1S/C19H24F3N3O/c1-6-13(7-2)24-17-12(4)23-16(18(25-17)26-5)14-9-8-11(3)10-15(14)19(20,21)22/h8-10,13H,6-7H2,1-5H3,(H,24,25). The minimum Gasteiger partial charge on any atom is -0.479 e. The van der Waals surface area contributed by atoms with Crippen molar-refractivity contribution in [2.75, 3.05) is 12.4 Å². The Morgan fingerprint density at radius 2 is 1.77 bits per heavy atom. The average molecular weight is 367 g/mol. The van der Waals surface area contributed by atoms with Crippen LogP contribution in [0.3, 0.4) is 0 Å². The van der Waals surface area contributed by atoms with E-state index < -0.39 is 11.7 Å². The molecule has 0 saturated carbocycles. The normalized spacial score (nSPS) is 11.7. The number of rotatable bonds is 6. The molecule has 0 radical (unpaired) electrons. The molecule has 4 nitrogen and oxygen atoms in total. The molecular weight excluding hydrogens is 343 g/mol. The van der Waals surface area contributed by atoms with Gasteiger partial charge in [-0.1, -0.05) is 31.5 Å². The molecule has 0 aliphatic heterocycles. The van der Waals surface area contributed by atoms with Gasteiger partial charge in [0, 0.05) is 11.6 Å². The van der Waals surface area contributed by atoms with Crippen molar-refractivity contribution in [1.29, 1.82) is 0 Å². The molecule has 7 heteroatoms. The van der Waals surface area contributed by atoms with Gasteiger partial charge in [-0.3, -0.25) is 0 Å². The van der Waals surface area contributed by atoms with Crippen LogP contribution in [-0.2, 0) is 6.18 Å². The van der Waals surface area contributed by atoms with Gasteiger partial charge >= 0.3 is 6.18 Å². The van der Waals surface area contributed by atoms with E-state index >= 15 is 0 Å². The summed E-state index contributed by atoms with van der Waals surface area (Å²) < 4.78 is 45.7. The van der Waals surface area contributed by atoms with Crippen LogP contribution < -0.4 is 10.1 Å². The summed E-state index contributed by atoms with van der Waals surface area (Å²) in [4.78, 5) is 8.77.